The first-order chi connectivity index (χ1) is 11.0. The number of allylic oxidation sites excluding steroid dienone is 4. The normalized spacial score (nSPS) is 12.5. The highest BCUT2D eigenvalue weighted by Gasteiger charge is 2.18. The number of rotatable bonds is 7. The summed E-state index contributed by atoms with van der Waals surface area (Å²) in [6.45, 7) is 3.64. The quantitative estimate of drug-likeness (QED) is 0.266. The van der Waals surface area contributed by atoms with E-state index in [2.05, 4.69) is 0 Å². The van der Waals surface area contributed by atoms with Crippen LogP contribution < -0.4 is 0 Å². The Balaban J connectivity index is 2.96. The largest absolute Gasteiger partial charge is 0.477 e. The van der Waals surface area contributed by atoms with Gasteiger partial charge in [0.25, 0.3) is 0 Å². The molecule has 0 aliphatic heterocycles. The Morgan fingerprint density at radius 2 is 1.87 bits per heavy atom. The maximum atomic E-state index is 11.6. The van der Waals surface area contributed by atoms with Gasteiger partial charge in [-0.25, -0.2) is 9.59 Å². The third kappa shape index (κ3) is 6.53. The van der Waals surface area contributed by atoms with Gasteiger partial charge in [0, 0.05) is 5.02 Å². The molecule has 0 saturated carbocycles. The number of benzene rings is 1. The standard InChI is InChI=1S/C18H19ClO4/c1-3-13(12-16(17(20)21)18(22)23-4-2)6-5-7-14-8-10-15(19)11-9-14/h5-12H,3-4H2,1-2H3,(H,20,21)/b7-5+,13-6+,16-12-. The van der Waals surface area contributed by atoms with Crippen LogP contribution in [0.1, 0.15) is 25.8 Å². The van der Waals surface area contributed by atoms with E-state index in [1.165, 1.54) is 6.08 Å². The van der Waals surface area contributed by atoms with Crippen LogP contribution in [0, 0.1) is 0 Å². The van der Waals surface area contributed by atoms with Gasteiger partial charge in [-0.15, -0.1) is 0 Å². The van der Waals surface area contributed by atoms with E-state index >= 15 is 0 Å². The van der Waals surface area contributed by atoms with Crippen LogP contribution in [-0.2, 0) is 14.3 Å². The molecule has 0 atom stereocenters. The summed E-state index contributed by atoms with van der Waals surface area (Å²) < 4.78 is 4.75. The van der Waals surface area contributed by atoms with E-state index in [1.807, 2.05) is 25.1 Å². The molecule has 1 N–H and O–H groups in total. The van der Waals surface area contributed by atoms with Crippen LogP contribution in [0.25, 0.3) is 6.08 Å². The van der Waals surface area contributed by atoms with Crippen LogP contribution in [-0.4, -0.2) is 23.7 Å². The molecule has 122 valence electrons. The average molecular weight is 335 g/mol. The van der Waals surface area contributed by atoms with Crippen molar-refractivity contribution in [1.29, 1.82) is 0 Å². The smallest absolute Gasteiger partial charge is 0.345 e. The second-order valence-electron chi connectivity index (χ2n) is 4.59. The van der Waals surface area contributed by atoms with Gasteiger partial charge in [0.1, 0.15) is 5.57 Å². The van der Waals surface area contributed by atoms with Gasteiger partial charge in [0.05, 0.1) is 6.61 Å². The molecular weight excluding hydrogens is 316 g/mol. The number of carboxylic acids is 1. The van der Waals surface area contributed by atoms with Crippen molar-refractivity contribution in [3.8, 4) is 0 Å². The molecule has 0 bridgehead atoms. The fourth-order valence-corrected chi connectivity index (χ4v) is 1.85. The fourth-order valence-electron chi connectivity index (χ4n) is 1.73. The lowest BCUT2D eigenvalue weighted by Gasteiger charge is -2.03. The van der Waals surface area contributed by atoms with E-state index in [0.29, 0.717) is 17.0 Å². The first-order valence-electron chi connectivity index (χ1n) is 7.22. The molecule has 1 aromatic rings. The predicted molar refractivity (Wildman–Crippen MR) is 91.2 cm³/mol. The highest BCUT2D eigenvalue weighted by molar-refractivity contribution is 6.30. The van der Waals surface area contributed by atoms with Crippen molar-refractivity contribution in [2.24, 2.45) is 0 Å². The number of carbonyl (C=O) groups excluding carboxylic acids is 1. The molecule has 0 saturated heterocycles. The second-order valence-corrected chi connectivity index (χ2v) is 5.03. The second kappa shape index (κ2) is 9.64. The molecule has 0 radical (unpaired) electrons. The molecule has 0 amide bonds. The Hall–Kier alpha value is -2.33. The Morgan fingerprint density at radius 1 is 1.22 bits per heavy atom. The number of aliphatic carboxylic acids is 1. The summed E-state index contributed by atoms with van der Waals surface area (Å²) in [5.74, 6) is -2.13. The molecule has 1 aromatic carbocycles. The number of esters is 1. The molecule has 0 fully saturated rings. The Bertz CT molecular complexity index is 639. The molecule has 0 aliphatic carbocycles. The summed E-state index contributed by atoms with van der Waals surface area (Å²) in [6.07, 6.45) is 7.35. The van der Waals surface area contributed by atoms with Crippen molar-refractivity contribution in [3.05, 3.63) is 64.2 Å². The molecule has 4 nitrogen and oxygen atoms in total. The fraction of sp³-hybridized carbons (Fsp3) is 0.222. The van der Waals surface area contributed by atoms with E-state index in [0.717, 1.165) is 5.56 Å². The first-order valence-corrected chi connectivity index (χ1v) is 7.60. The van der Waals surface area contributed by atoms with Crippen LogP contribution in [0.15, 0.2) is 53.6 Å². The van der Waals surface area contributed by atoms with E-state index in [-0.39, 0.29) is 12.2 Å². The molecule has 23 heavy (non-hydrogen) atoms. The predicted octanol–water partition coefficient (Wildman–Crippen LogP) is 4.26. The Labute approximate surface area is 140 Å². The highest BCUT2D eigenvalue weighted by atomic mass is 35.5. The number of carbonyl (C=O) groups is 2. The lowest BCUT2D eigenvalue weighted by atomic mass is 10.1. The monoisotopic (exact) mass is 334 g/mol. The van der Waals surface area contributed by atoms with Gasteiger partial charge in [-0.3, -0.25) is 0 Å². The van der Waals surface area contributed by atoms with Gasteiger partial charge in [-0.2, -0.15) is 0 Å². The van der Waals surface area contributed by atoms with Crippen LogP contribution in [0.4, 0.5) is 0 Å². The summed E-state index contributed by atoms with van der Waals surface area (Å²) in [6, 6.07) is 7.31. The zero-order chi connectivity index (χ0) is 17.2. The topological polar surface area (TPSA) is 63.6 Å². The molecule has 0 aliphatic rings. The van der Waals surface area contributed by atoms with Gasteiger partial charge < -0.3 is 9.84 Å². The third-order valence-electron chi connectivity index (χ3n) is 2.93. The maximum absolute atomic E-state index is 11.6. The lowest BCUT2D eigenvalue weighted by Crippen LogP contribution is -2.15. The average Bonchev–Trinajstić information content (AvgIpc) is 2.52. The third-order valence-corrected chi connectivity index (χ3v) is 3.18. The summed E-state index contributed by atoms with van der Waals surface area (Å²) >= 11 is 5.82. The summed E-state index contributed by atoms with van der Waals surface area (Å²) in [7, 11) is 0. The van der Waals surface area contributed by atoms with Crippen molar-refractivity contribution in [1.82, 2.24) is 0 Å². The van der Waals surface area contributed by atoms with Crippen LogP contribution >= 0.6 is 11.6 Å². The number of carboxylic acid groups (broad SMARTS) is 1. The Kier molecular flexibility index (Phi) is 7.84. The number of hydrogen-bond donors (Lipinski definition) is 1. The minimum atomic E-state index is -1.30. The van der Waals surface area contributed by atoms with Crippen molar-refractivity contribution in [2.45, 2.75) is 20.3 Å². The highest BCUT2D eigenvalue weighted by Crippen LogP contribution is 2.13. The van der Waals surface area contributed by atoms with Crippen molar-refractivity contribution >= 4 is 29.6 Å². The molecule has 0 heterocycles. The van der Waals surface area contributed by atoms with Gasteiger partial charge in [0.2, 0.25) is 0 Å². The molecule has 0 unspecified atom stereocenters. The van der Waals surface area contributed by atoms with Gasteiger partial charge >= 0.3 is 11.9 Å². The first kappa shape index (κ1) is 18.7. The molecule has 1 rings (SSSR count). The van der Waals surface area contributed by atoms with E-state index in [4.69, 9.17) is 21.4 Å². The van der Waals surface area contributed by atoms with Crippen LogP contribution in [0.5, 0.6) is 0 Å². The SMILES string of the molecule is CCOC(=O)\C(=C/C(=C/C=C/c1ccc(Cl)cc1)CC)C(=O)O. The van der Waals surface area contributed by atoms with E-state index < -0.39 is 11.9 Å². The molecule has 5 heteroatoms. The van der Waals surface area contributed by atoms with Crippen molar-refractivity contribution < 1.29 is 19.4 Å². The maximum Gasteiger partial charge on any atom is 0.345 e. The van der Waals surface area contributed by atoms with Gasteiger partial charge in [0.15, 0.2) is 0 Å². The number of hydrogen-bond acceptors (Lipinski definition) is 3. The van der Waals surface area contributed by atoms with Crippen LogP contribution in [0.3, 0.4) is 0 Å². The molecule has 0 spiro atoms. The van der Waals surface area contributed by atoms with Crippen LogP contribution in [0.2, 0.25) is 5.02 Å². The van der Waals surface area contributed by atoms with E-state index in [9.17, 15) is 9.59 Å². The number of halogens is 1. The summed E-state index contributed by atoms with van der Waals surface area (Å²) in [5.41, 5.74) is 1.30. The zero-order valence-corrected chi connectivity index (χ0v) is 13.8. The van der Waals surface area contributed by atoms with Gasteiger partial charge in [-0.05, 0) is 42.7 Å². The summed E-state index contributed by atoms with van der Waals surface area (Å²) in [5, 5.41) is 9.78. The summed E-state index contributed by atoms with van der Waals surface area (Å²) in [4.78, 5) is 22.8. The Morgan fingerprint density at radius 3 is 2.39 bits per heavy atom. The molecular formula is C18H19ClO4. The van der Waals surface area contributed by atoms with E-state index in [1.54, 1.807) is 31.2 Å². The van der Waals surface area contributed by atoms with Crippen molar-refractivity contribution in [2.75, 3.05) is 6.61 Å². The minimum Gasteiger partial charge on any atom is -0.477 e. The van der Waals surface area contributed by atoms with Crippen molar-refractivity contribution in [3.63, 3.8) is 0 Å². The number of ether oxygens (including phenoxy) is 1. The van der Waals surface area contributed by atoms with Gasteiger partial charge in [-0.1, -0.05) is 48.9 Å². The zero-order valence-electron chi connectivity index (χ0n) is 13.1. The molecule has 0 aromatic heterocycles. The minimum absolute atomic E-state index is 0.130. The lowest BCUT2D eigenvalue weighted by molar-refractivity contribution is -0.143.